The maximum atomic E-state index is 12.5. The summed E-state index contributed by atoms with van der Waals surface area (Å²) in [4.78, 5) is 16.9. The number of carbonyl (C=O) groups excluding carboxylic acids is 1. The van der Waals surface area contributed by atoms with E-state index in [0.29, 0.717) is 11.9 Å². The van der Waals surface area contributed by atoms with E-state index in [2.05, 4.69) is 23.8 Å². The van der Waals surface area contributed by atoms with Crippen LogP contribution < -0.4 is 0 Å². The van der Waals surface area contributed by atoms with Crippen molar-refractivity contribution < 1.29 is 4.79 Å². The Morgan fingerprint density at radius 1 is 1.19 bits per heavy atom. The summed E-state index contributed by atoms with van der Waals surface area (Å²) in [5.41, 5.74) is 0. The monoisotopic (exact) mass is 224 g/mol. The quantitative estimate of drug-likeness (QED) is 0.715. The van der Waals surface area contributed by atoms with Gasteiger partial charge in [-0.05, 0) is 52.1 Å². The molecule has 3 heteroatoms. The van der Waals surface area contributed by atoms with Crippen LogP contribution in [0.5, 0.6) is 0 Å². The van der Waals surface area contributed by atoms with E-state index in [9.17, 15) is 4.79 Å². The molecule has 2 atom stereocenters. The minimum absolute atomic E-state index is 0.173. The molecule has 0 aromatic heterocycles. The SMILES string of the molecule is CCC1CCCCN1C(=O)C1CCCN1C. The molecule has 2 aliphatic rings. The van der Waals surface area contributed by atoms with E-state index in [1.165, 1.54) is 25.7 Å². The molecule has 0 saturated carbocycles. The molecule has 2 saturated heterocycles. The lowest BCUT2D eigenvalue weighted by Crippen LogP contribution is -2.50. The molecule has 16 heavy (non-hydrogen) atoms. The molecule has 0 N–H and O–H groups in total. The third-order valence-corrected chi connectivity index (χ3v) is 4.19. The molecular weight excluding hydrogens is 200 g/mol. The Hall–Kier alpha value is -0.570. The molecule has 92 valence electrons. The molecule has 0 spiro atoms. The summed E-state index contributed by atoms with van der Waals surface area (Å²) in [5.74, 6) is 0.395. The molecule has 2 aliphatic heterocycles. The summed E-state index contributed by atoms with van der Waals surface area (Å²) in [6.07, 6.45) is 7.04. The highest BCUT2D eigenvalue weighted by Gasteiger charge is 2.34. The van der Waals surface area contributed by atoms with Crippen molar-refractivity contribution in [3.05, 3.63) is 0 Å². The summed E-state index contributed by atoms with van der Waals surface area (Å²) in [7, 11) is 2.08. The first-order valence-electron chi connectivity index (χ1n) is 6.74. The molecule has 1 amide bonds. The molecular formula is C13H24N2O. The van der Waals surface area contributed by atoms with E-state index in [0.717, 1.165) is 25.9 Å². The standard InChI is InChI=1S/C13H24N2O/c1-3-11-7-4-5-10-15(11)13(16)12-8-6-9-14(12)2/h11-12H,3-10H2,1-2H3. The van der Waals surface area contributed by atoms with Crippen LogP contribution in [-0.2, 0) is 4.79 Å². The predicted molar refractivity (Wildman–Crippen MR) is 65.3 cm³/mol. The lowest BCUT2D eigenvalue weighted by atomic mass is 9.98. The van der Waals surface area contributed by atoms with Crippen LogP contribution in [0.15, 0.2) is 0 Å². The van der Waals surface area contributed by atoms with Crippen molar-refractivity contribution in [1.29, 1.82) is 0 Å². The third kappa shape index (κ3) is 2.24. The van der Waals surface area contributed by atoms with Crippen molar-refractivity contribution in [2.24, 2.45) is 0 Å². The summed E-state index contributed by atoms with van der Waals surface area (Å²) < 4.78 is 0. The first-order valence-corrected chi connectivity index (χ1v) is 6.74. The molecule has 3 nitrogen and oxygen atoms in total. The van der Waals surface area contributed by atoms with Crippen LogP contribution >= 0.6 is 0 Å². The van der Waals surface area contributed by atoms with Crippen LogP contribution in [-0.4, -0.2) is 47.9 Å². The zero-order valence-corrected chi connectivity index (χ0v) is 10.6. The smallest absolute Gasteiger partial charge is 0.240 e. The Balaban J connectivity index is 2.01. The normalized spacial score (nSPS) is 32.0. The summed E-state index contributed by atoms with van der Waals surface area (Å²) in [6, 6.07) is 0.683. The number of carbonyl (C=O) groups is 1. The first-order chi connectivity index (χ1) is 7.74. The zero-order chi connectivity index (χ0) is 11.5. The third-order valence-electron chi connectivity index (χ3n) is 4.19. The minimum atomic E-state index is 0.173. The van der Waals surface area contributed by atoms with Gasteiger partial charge in [-0.15, -0.1) is 0 Å². The molecule has 2 heterocycles. The van der Waals surface area contributed by atoms with Gasteiger partial charge in [0, 0.05) is 12.6 Å². The maximum absolute atomic E-state index is 12.5. The first kappa shape index (κ1) is 11.9. The van der Waals surface area contributed by atoms with Crippen LogP contribution in [0.3, 0.4) is 0 Å². The Labute approximate surface area is 98.8 Å². The van der Waals surface area contributed by atoms with E-state index >= 15 is 0 Å². The van der Waals surface area contributed by atoms with Gasteiger partial charge in [-0.2, -0.15) is 0 Å². The molecule has 0 aromatic carbocycles. The Kier molecular flexibility index (Phi) is 3.85. The second-order valence-corrected chi connectivity index (χ2v) is 5.23. The molecule has 0 radical (unpaired) electrons. The predicted octanol–water partition coefficient (Wildman–Crippen LogP) is 1.87. The average molecular weight is 224 g/mol. The van der Waals surface area contributed by atoms with E-state index < -0.39 is 0 Å². The summed E-state index contributed by atoms with van der Waals surface area (Å²) in [6.45, 7) is 4.28. The number of amides is 1. The molecule has 0 aliphatic carbocycles. The lowest BCUT2D eigenvalue weighted by Gasteiger charge is -2.38. The number of hydrogen-bond donors (Lipinski definition) is 0. The second kappa shape index (κ2) is 5.17. The fraction of sp³-hybridized carbons (Fsp3) is 0.923. The van der Waals surface area contributed by atoms with Gasteiger partial charge in [-0.3, -0.25) is 9.69 Å². The molecule has 2 unspecified atom stereocenters. The van der Waals surface area contributed by atoms with E-state index in [4.69, 9.17) is 0 Å². The van der Waals surface area contributed by atoms with E-state index in [1.54, 1.807) is 0 Å². The number of piperidine rings is 1. The van der Waals surface area contributed by atoms with E-state index in [1.807, 2.05) is 0 Å². The van der Waals surface area contributed by atoms with Gasteiger partial charge in [0.1, 0.15) is 0 Å². The van der Waals surface area contributed by atoms with Crippen LogP contribution in [0.25, 0.3) is 0 Å². The second-order valence-electron chi connectivity index (χ2n) is 5.23. The van der Waals surface area contributed by atoms with Crippen molar-refractivity contribution in [1.82, 2.24) is 9.80 Å². The van der Waals surface area contributed by atoms with Crippen LogP contribution in [0.4, 0.5) is 0 Å². The summed E-state index contributed by atoms with van der Waals surface area (Å²) in [5, 5.41) is 0. The van der Waals surface area contributed by atoms with Gasteiger partial charge in [-0.1, -0.05) is 6.92 Å². The number of likely N-dealkylation sites (N-methyl/N-ethyl adjacent to an activating group) is 1. The Morgan fingerprint density at radius 2 is 2.00 bits per heavy atom. The van der Waals surface area contributed by atoms with Gasteiger partial charge in [0.05, 0.1) is 6.04 Å². The number of nitrogens with zero attached hydrogens (tertiary/aromatic N) is 2. The average Bonchev–Trinajstić information content (AvgIpc) is 2.74. The number of likely N-dealkylation sites (tertiary alicyclic amines) is 2. The van der Waals surface area contributed by atoms with Crippen molar-refractivity contribution >= 4 is 5.91 Å². The van der Waals surface area contributed by atoms with Gasteiger partial charge in [0.2, 0.25) is 5.91 Å². The fourth-order valence-corrected chi connectivity index (χ4v) is 3.13. The minimum Gasteiger partial charge on any atom is -0.338 e. The van der Waals surface area contributed by atoms with Crippen LogP contribution in [0, 0.1) is 0 Å². The van der Waals surface area contributed by atoms with Crippen molar-refractivity contribution in [3.63, 3.8) is 0 Å². The maximum Gasteiger partial charge on any atom is 0.240 e. The fourth-order valence-electron chi connectivity index (χ4n) is 3.13. The largest absolute Gasteiger partial charge is 0.338 e. The highest BCUT2D eigenvalue weighted by Crippen LogP contribution is 2.24. The zero-order valence-electron chi connectivity index (χ0n) is 10.6. The molecule has 0 bridgehead atoms. The Morgan fingerprint density at radius 3 is 2.62 bits per heavy atom. The molecule has 2 fully saturated rings. The van der Waals surface area contributed by atoms with E-state index in [-0.39, 0.29) is 6.04 Å². The van der Waals surface area contributed by atoms with Crippen LogP contribution in [0.2, 0.25) is 0 Å². The Bertz CT molecular complexity index is 254. The number of rotatable bonds is 2. The van der Waals surface area contributed by atoms with Gasteiger partial charge in [0.15, 0.2) is 0 Å². The highest BCUT2D eigenvalue weighted by atomic mass is 16.2. The lowest BCUT2D eigenvalue weighted by molar-refractivity contribution is -0.139. The highest BCUT2D eigenvalue weighted by molar-refractivity contribution is 5.82. The van der Waals surface area contributed by atoms with Crippen LogP contribution in [0.1, 0.15) is 45.4 Å². The van der Waals surface area contributed by atoms with Gasteiger partial charge in [-0.25, -0.2) is 0 Å². The molecule has 2 rings (SSSR count). The van der Waals surface area contributed by atoms with Gasteiger partial charge >= 0.3 is 0 Å². The van der Waals surface area contributed by atoms with Crippen molar-refractivity contribution in [2.45, 2.75) is 57.5 Å². The van der Waals surface area contributed by atoms with Crippen molar-refractivity contribution in [2.75, 3.05) is 20.1 Å². The molecule has 0 aromatic rings. The van der Waals surface area contributed by atoms with Gasteiger partial charge < -0.3 is 4.90 Å². The summed E-state index contributed by atoms with van der Waals surface area (Å²) >= 11 is 0. The number of hydrogen-bond acceptors (Lipinski definition) is 2. The topological polar surface area (TPSA) is 23.6 Å². The van der Waals surface area contributed by atoms with Gasteiger partial charge in [0.25, 0.3) is 0 Å². The van der Waals surface area contributed by atoms with Crippen molar-refractivity contribution in [3.8, 4) is 0 Å².